The monoisotopic (exact) mass is 471 g/mol. The zero-order valence-corrected chi connectivity index (χ0v) is 18.8. The summed E-state index contributed by atoms with van der Waals surface area (Å²) in [5, 5.41) is 20.2. The largest absolute Gasteiger partial charge is 0.378 e. The summed E-state index contributed by atoms with van der Waals surface area (Å²) in [6, 6.07) is 21.5. The second-order valence-corrected chi connectivity index (χ2v) is 9.40. The van der Waals surface area contributed by atoms with E-state index < -0.39 is 15.7 Å². The van der Waals surface area contributed by atoms with E-state index in [2.05, 4.69) is 10.2 Å². The SMILES string of the molecule is O=S(=O)(O)c1cc(-n2ncc(C3(O)CC=Cc4ccccc43)n2)ccc1C=Cc1ccccc1. The average Bonchev–Trinajstić information content (AvgIpc) is 3.34. The summed E-state index contributed by atoms with van der Waals surface area (Å²) in [4.78, 5) is 0.980. The summed E-state index contributed by atoms with van der Waals surface area (Å²) in [6.45, 7) is 0. The predicted molar refractivity (Wildman–Crippen MR) is 130 cm³/mol. The maximum atomic E-state index is 12.1. The molecule has 2 N–H and O–H groups in total. The van der Waals surface area contributed by atoms with Crippen LogP contribution in [0.4, 0.5) is 0 Å². The zero-order valence-electron chi connectivity index (χ0n) is 18.0. The zero-order chi connectivity index (χ0) is 23.8. The highest BCUT2D eigenvalue weighted by atomic mass is 32.2. The Morgan fingerprint density at radius 1 is 0.971 bits per heavy atom. The van der Waals surface area contributed by atoms with E-state index in [4.69, 9.17) is 0 Å². The Morgan fingerprint density at radius 2 is 1.74 bits per heavy atom. The van der Waals surface area contributed by atoms with Gasteiger partial charge >= 0.3 is 0 Å². The maximum absolute atomic E-state index is 12.1. The number of rotatable bonds is 5. The van der Waals surface area contributed by atoms with Crippen molar-refractivity contribution in [3.63, 3.8) is 0 Å². The second kappa shape index (κ2) is 8.49. The number of benzene rings is 3. The van der Waals surface area contributed by atoms with Crippen molar-refractivity contribution in [2.24, 2.45) is 0 Å². The summed E-state index contributed by atoms with van der Waals surface area (Å²) < 4.78 is 34.1. The van der Waals surface area contributed by atoms with Gasteiger partial charge in [-0.1, -0.05) is 85.0 Å². The van der Waals surface area contributed by atoms with Crippen molar-refractivity contribution in [1.29, 1.82) is 0 Å². The van der Waals surface area contributed by atoms with E-state index in [-0.39, 0.29) is 4.90 Å². The summed E-state index contributed by atoms with van der Waals surface area (Å²) >= 11 is 0. The van der Waals surface area contributed by atoms with Gasteiger partial charge in [0.1, 0.15) is 16.2 Å². The minimum atomic E-state index is -4.51. The molecule has 8 heteroatoms. The van der Waals surface area contributed by atoms with Crippen LogP contribution in [-0.4, -0.2) is 33.1 Å². The summed E-state index contributed by atoms with van der Waals surface area (Å²) in [6.07, 6.45) is 9.02. The molecule has 7 nitrogen and oxygen atoms in total. The van der Waals surface area contributed by atoms with Crippen LogP contribution >= 0.6 is 0 Å². The first-order valence-electron chi connectivity index (χ1n) is 10.6. The van der Waals surface area contributed by atoms with Gasteiger partial charge in [0, 0.05) is 6.42 Å². The van der Waals surface area contributed by atoms with E-state index in [0.29, 0.717) is 23.4 Å². The molecule has 3 aromatic carbocycles. The molecule has 1 aliphatic carbocycles. The molecule has 0 saturated carbocycles. The summed E-state index contributed by atoms with van der Waals surface area (Å²) in [5.74, 6) is 0. The van der Waals surface area contributed by atoms with Gasteiger partial charge in [0.25, 0.3) is 10.1 Å². The Hall–Kier alpha value is -3.85. The number of fused-ring (bicyclic) bond motifs is 1. The highest BCUT2D eigenvalue weighted by Crippen LogP contribution is 2.38. The van der Waals surface area contributed by atoms with Crippen LogP contribution < -0.4 is 0 Å². The van der Waals surface area contributed by atoms with Crippen LogP contribution in [0.15, 0.2) is 90.0 Å². The minimum absolute atomic E-state index is 0.263. The molecule has 1 unspecified atom stereocenters. The lowest BCUT2D eigenvalue weighted by Gasteiger charge is -2.29. The van der Waals surface area contributed by atoms with Crippen LogP contribution in [0.1, 0.15) is 34.4 Å². The molecule has 0 fully saturated rings. The van der Waals surface area contributed by atoms with Crippen molar-refractivity contribution in [1.82, 2.24) is 15.0 Å². The molecule has 0 spiro atoms. The maximum Gasteiger partial charge on any atom is 0.295 e. The van der Waals surface area contributed by atoms with Crippen molar-refractivity contribution in [2.45, 2.75) is 16.9 Å². The van der Waals surface area contributed by atoms with E-state index in [1.807, 2.05) is 66.7 Å². The Kier molecular flexibility index (Phi) is 5.49. The molecule has 0 amide bonds. The van der Waals surface area contributed by atoms with Crippen LogP contribution in [0, 0.1) is 0 Å². The van der Waals surface area contributed by atoms with E-state index in [1.165, 1.54) is 17.1 Å². The molecular formula is C26H21N3O4S. The van der Waals surface area contributed by atoms with Crippen LogP contribution in [0.5, 0.6) is 0 Å². The van der Waals surface area contributed by atoms with Crippen molar-refractivity contribution < 1.29 is 18.1 Å². The molecule has 1 aliphatic rings. The molecule has 4 aromatic rings. The number of hydrogen-bond acceptors (Lipinski definition) is 5. The summed E-state index contributed by atoms with van der Waals surface area (Å²) in [5.41, 5.74) is 2.16. The van der Waals surface area contributed by atoms with E-state index in [9.17, 15) is 18.1 Å². The molecule has 0 saturated heterocycles. The van der Waals surface area contributed by atoms with Gasteiger partial charge in [0.15, 0.2) is 0 Å². The van der Waals surface area contributed by atoms with Crippen LogP contribution in [0.3, 0.4) is 0 Å². The molecule has 5 rings (SSSR count). The van der Waals surface area contributed by atoms with Gasteiger partial charge in [-0.15, -0.1) is 5.10 Å². The van der Waals surface area contributed by atoms with Crippen molar-refractivity contribution in [2.75, 3.05) is 0 Å². The molecule has 1 atom stereocenters. The third-order valence-corrected chi connectivity index (χ3v) is 6.70. The van der Waals surface area contributed by atoms with Crippen LogP contribution in [0.2, 0.25) is 0 Å². The van der Waals surface area contributed by atoms with Crippen molar-refractivity contribution in [3.8, 4) is 5.69 Å². The fourth-order valence-electron chi connectivity index (χ4n) is 4.06. The molecule has 0 bridgehead atoms. The Balaban J connectivity index is 1.52. The van der Waals surface area contributed by atoms with Crippen LogP contribution in [0.25, 0.3) is 23.9 Å². The number of aromatic nitrogens is 3. The second-order valence-electron chi connectivity index (χ2n) is 8.01. The highest BCUT2D eigenvalue weighted by molar-refractivity contribution is 7.86. The normalized spacial score (nSPS) is 17.7. The van der Waals surface area contributed by atoms with Gasteiger partial charge < -0.3 is 5.11 Å². The first kappa shape index (κ1) is 22.0. The molecule has 0 aliphatic heterocycles. The van der Waals surface area contributed by atoms with Gasteiger partial charge in [0.2, 0.25) is 0 Å². The number of nitrogens with zero attached hydrogens (tertiary/aromatic N) is 3. The molecule has 34 heavy (non-hydrogen) atoms. The van der Waals surface area contributed by atoms with Gasteiger partial charge in [-0.3, -0.25) is 4.55 Å². The minimum Gasteiger partial charge on any atom is -0.378 e. The quantitative estimate of drug-likeness (QED) is 0.331. The Morgan fingerprint density at radius 3 is 2.53 bits per heavy atom. The first-order chi connectivity index (χ1) is 16.3. The van der Waals surface area contributed by atoms with Gasteiger partial charge in [0.05, 0.1) is 11.9 Å². The average molecular weight is 472 g/mol. The molecule has 1 aromatic heterocycles. The van der Waals surface area contributed by atoms with Gasteiger partial charge in [-0.05, 0) is 34.4 Å². The van der Waals surface area contributed by atoms with Gasteiger partial charge in [-0.25, -0.2) is 0 Å². The van der Waals surface area contributed by atoms with E-state index in [1.54, 1.807) is 24.3 Å². The fraction of sp³-hybridized carbons (Fsp3) is 0.0769. The van der Waals surface area contributed by atoms with E-state index in [0.717, 1.165) is 16.7 Å². The first-order valence-corrected chi connectivity index (χ1v) is 12.0. The Labute approximate surface area is 197 Å². The summed E-state index contributed by atoms with van der Waals surface area (Å²) in [7, 11) is -4.51. The third kappa shape index (κ3) is 4.10. The molecule has 0 radical (unpaired) electrons. The molecule has 1 heterocycles. The Bertz CT molecular complexity index is 1520. The fourth-order valence-corrected chi connectivity index (χ4v) is 4.77. The smallest absolute Gasteiger partial charge is 0.295 e. The molecule has 170 valence electrons. The third-order valence-electron chi connectivity index (χ3n) is 5.79. The standard InChI is InChI=1S/C26H21N3O4S/c30-26(16-6-10-20-9-4-5-11-23(20)26)25-18-27-29(28-25)22-15-14-21(24(17-22)34(31,32)33)13-12-19-7-2-1-3-8-19/h1-15,17-18,30H,16H2,(H,31,32,33). The molecular weight excluding hydrogens is 450 g/mol. The predicted octanol–water partition coefficient (Wildman–Crippen LogP) is 4.34. The van der Waals surface area contributed by atoms with Crippen LogP contribution in [-0.2, 0) is 15.7 Å². The van der Waals surface area contributed by atoms with Gasteiger partial charge in [-0.2, -0.15) is 18.3 Å². The lowest BCUT2D eigenvalue weighted by Crippen LogP contribution is -2.30. The lowest BCUT2D eigenvalue weighted by atomic mass is 9.81. The number of aliphatic hydroxyl groups is 1. The number of hydrogen-bond donors (Lipinski definition) is 2. The van der Waals surface area contributed by atoms with E-state index >= 15 is 0 Å². The highest BCUT2D eigenvalue weighted by Gasteiger charge is 2.37. The lowest BCUT2D eigenvalue weighted by molar-refractivity contribution is 0.0776. The van der Waals surface area contributed by atoms with Crippen molar-refractivity contribution >= 4 is 28.3 Å². The topological polar surface area (TPSA) is 105 Å². The van der Waals surface area contributed by atoms with Crippen molar-refractivity contribution in [3.05, 3.63) is 113 Å².